The van der Waals surface area contributed by atoms with Crippen molar-refractivity contribution in [3.63, 3.8) is 0 Å². The van der Waals surface area contributed by atoms with Gasteiger partial charge >= 0.3 is 0 Å². The molecule has 1 fully saturated rings. The minimum atomic E-state index is -0.737. The zero-order valence-electron chi connectivity index (χ0n) is 21.9. The van der Waals surface area contributed by atoms with Crippen LogP contribution in [0.25, 0.3) is 5.76 Å². The van der Waals surface area contributed by atoms with Gasteiger partial charge in [-0.25, -0.2) is 0 Å². The van der Waals surface area contributed by atoms with E-state index < -0.39 is 17.7 Å². The monoisotopic (exact) mass is 512 g/mol. The number of hydrogen-bond acceptors (Lipinski definition) is 6. The van der Waals surface area contributed by atoms with Crippen LogP contribution in [0.4, 0.5) is 0 Å². The molecule has 2 aliphatic heterocycles. The van der Waals surface area contributed by atoms with Gasteiger partial charge in [0.25, 0.3) is 11.7 Å². The number of likely N-dealkylation sites (tertiary alicyclic amines) is 1. The first-order valence-electron chi connectivity index (χ1n) is 12.8. The van der Waals surface area contributed by atoms with E-state index in [9.17, 15) is 14.7 Å². The van der Waals surface area contributed by atoms with Crippen LogP contribution in [0.1, 0.15) is 35.2 Å². The number of carbonyl (C=O) groups excluding carboxylic acids is 2. The Balaban J connectivity index is 1.53. The lowest BCUT2D eigenvalue weighted by Gasteiger charge is -2.27. The summed E-state index contributed by atoms with van der Waals surface area (Å²) < 4.78 is 11.8. The molecule has 3 aromatic carbocycles. The van der Waals surface area contributed by atoms with Crippen molar-refractivity contribution in [1.29, 1.82) is 0 Å². The maximum absolute atomic E-state index is 13.4. The fourth-order valence-corrected chi connectivity index (χ4v) is 5.01. The van der Waals surface area contributed by atoms with Gasteiger partial charge in [-0.1, -0.05) is 42.5 Å². The molecule has 1 N–H and O–H groups in total. The quantitative estimate of drug-likeness (QED) is 0.271. The van der Waals surface area contributed by atoms with Crippen LogP contribution in [0.15, 0.2) is 78.4 Å². The van der Waals surface area contributed by atoms with E-state index in [2.05, 4.69) is 0 Å². The Kier molecular flexibility index (Phi) is 7.20. The Morgan fingerprint density at radius 3 is 2.61 bits per heavy atom. The topological polar surface area (TPSA) is 79.3 Å². The summed E-state index contributed by atoms with van der Waals surface area (Å²) in [7, 11) is 3.83. The molecule has 0 radical (unpaired) electrons. The number of benzene rings is 3. The lowest BCUT2D eigenvalue weighted by molar-refractivity contribution is -0.140. The van der Waals surface area contributed by atoms with Gasteiger partial charge in [0.15, 0.2) is 0 Å². The number of fused-ring (bicyclic) bond motifs is 1. The summed E-state index contributed by atoms with van der Waals surface area (Å²) in [5, 5.41) is 11.5. The van der Waals surface area contributed by atoms with E-state index in [1.54, 1.807) is 11.0 Å². The van der Waals surface area contributed by atoms with E-state index in [1.807, 2.05) is 92.6 Å². The fourth-order valence-electron chi connectivity index (χ4n) is 5.01. The van der Waals surface area contributed by atoms with Crippen molar-refractivity contribution >= 4 is 17.4 Å². The third-order valence-corrected chi connectivity index (χ3v) is 6.92. The Morgan fingerprint density at radius 1 is 1.05 bits per heavy atom. The highest BCUT2D eigenvalue weighted by molar-refractivity contribution is 6.46. The molecule has 0 bridgehead atoms. The first-order valence-corrected chi connectivity index (χ1v) is 12.8. The molecule has 0 unspecified atom stereocenters. The van der Waals surface area contributed by atoms with Crippen LogP contribution in [0.2, 0.25) is 0 Å². The summed E-state index contributed by atoms with van der Waals surface area (Å²) in [6.07, 6.45) is 0.773. The molecular formula is C31H32N2O5. The van der Waals surface area contributed by atoms with Gasteiger partial charge < -0.3 is 24.4 Å². The Labute approximate surface area is 222 Å². The van der Waals surface area contributed by atoms with Gasteiger partial charge in [0.2, 0.25) is 0 Å². The Morgan fingerprint density at radius 2 is 1.84 bits per heavy atom. The molecule has 0 aromatic heterocycles. The maximum Gasteiger partial charge on any atom is 0.295 e. The molecule has 0 spiro atoms. The summed E-state index contributed by atoms with van der Waals surface area (Å²) in [6.45, 7) is 3.29. The van der Waals surface area contributed by atoms with Gasteiger partial charge in [-0.2, -0.15) is 0 Å². The number of likely N-dealkylation sites (N-methyl/N-ethyl adjacent to an activating group) is 1. The standard InChI is InChI=1S/C31H32N2O5/c1-20-16-24-17-23(12-13-26(24)38-20)29(34)27-28(33(15-14-32(2)3)31(36)30(27)35)22-10-7-11-25(18-22)37-19-21-8-5-4-6-9-21/h4-13,17-18,20,28,34H,14-16,19H2,1-3H3/b29-27+/t20-,28-/m0/s1. The second kappa shape index (κ2) is 10.7. The number of aliphatic hydroxyl groups is 1. The summed E-state index contributed by atoms with van der Waals surface area (Å²) in [6, 6.07) is 21.9. The Bertz CT molecular complexity index is 1380. The second-order valence-electron chi connectivity index (χ2n) is 10.1. The normalized spacial score (nSPS) is 20.1. The maximum atomic E-state index is 13.4. The van der Waals surface area contributed by atoms with E-state index in [-0.39, 0.29) is 17.4 Å². The van der Waals surface area contributed by atoms with Crippen molar-refractivity contribution in [2.24, 2.45) is 0 Å². The minimum absolute atomic E-state index is 0.0534. The van der Waals surface area contributed by atoms with Crippen LogP contribution >= 0.6 is 0 Å². The molecule has 5 rings (SSSR count). The molecule has 196 valence electrons. The third-order valence-electron chi connectivity index (χ3n) is 6.92. The molecule has 2 heterocycles. The predicted octanol–water partition coefficient (Wildman–Crippen LogP) is 4.57. The van der Waals surface area contributed by atoms with Gasteiger partial charge in [-0.15, -0.1) is 0 Å². The van der Waals surface area contributed by atoms with Crippen LogP contribution in [0, 0.1) is 0 Å². The number of ether oxygens (including phenoxy) is 2. The van der Waals surface area contributed by atoms with Crippen LogP contribution in [0.5, 0.6) is 11.5 Å². The Hall–Kier alpha value is -4.10. The van der Waals surface area contributed by atoms with Crippen molar-refractivity contribution in [2.45, 2.75) is 32.1 Å². The van der Waals surface area contributed by atoms with E-state index in [0.717, 1.165) is 23.3 Å². The number of hydrogen-bond donors (Lipinski definition) is 1. The molecule has 3 aromatic rings. The minimum Gasteiger partial charge on any atom is -0.507 e. The lowest BCUT2D eigenvalue weighted by Crippen LogP contribution is -2.35. The highest BCUT2D eigenvalue weighted by Crippen LogP contribution is 2.41. The first kappa shape index (κ1) is 25.5. The molecule has 0 saturated carbocycles. The molecule has 2 atom stereocenters. The highest BCUT2D eigenvalue weighted by atomic mass is 16.5. The summed E-state index contributed by atoms with van der Waals surface area (Å²) in [5.41, 5.74) is 3.28. The largest absolute Gasteiger partial charge is 0.507 e. The molecule has 1 saturated heterocycles. The van der Waals surface area contributed by atoms with Crippen LogP contribution in [-0.4, -0.2) is 59.9 Å². The van der Waals surface area contributed by atoms with Crippen LogP contribution in [-0.2, 0) is 22.6 Å². The number of aliphatic hydroxyl groups excluding tert-OH is 1. The SMILES string of the molecule is C[C@H]1Cc2cc(/C(O)=C3\C(=O)C(=O)N(CCN(C)C)[C@H]3c3cccc(OCc4ccccc4)c3)ccc2O1. The number of amides is 1. The van der Waals surface area contributed by atoms with Crippen molar-refractivity contribution < 1.29 is 24.2 Å². The predicted molar refractivity (Wildman–Crippen MR) is 145 cm³/mol. The van der Waals surface area contributed by atoms with E-state index in [4.69, 9.17) is 9.47 Å². The van der Waals surface area contributed by atoms with Crippen molar-refractivity contribution in [2.75, 3.05) is 27.2 Å². The van der Waals surface area contributed by atoms with Gasteiger partial charge in [0.05, 0.1) is 11.6 Å². The van der Waals surface area contributed by atoms with Crippen LogP contribution in [0.3, 0.4) is 0 Å². The smallest absolute Gasteiger partial charge is 0.295 e. The zero-order valence-corrected chi connectivity index (χ0v) is 21.9. The number of Topliss-reactive ketones (excluding diaryl/α,β-unsaturated/α-hetero) is 1. The molecule has 0 aliphatic carbocycles. The lowest BCUT2D eigenvalue weighted by atomic mass is 9.94. The van der Waals surface area contributed by atoms with Crippen molar-refractivity contribution in [1.82, 2.24) is 9.80 Å². The molecule has 7 nitrogen and oxygen atoms in total. The first-order chi connectivity index (χ1) is 18.3. The number of rotatable bonds is 8. The molecular weight excluding hydrogens is 480 g/mol. The van der Waals surface area contributed by atoms with Gasteiger partial charge in [0.1, 0.15) is 30.0 Å². The number of nitrogens with zero attached hydrogens (tertiary/aromatic N) is 2. The average Bonchev–Trinajstić information content (AvgIpc) is 3.41. The summed E-state index contributed by atoms with van der Waals surface area (Å²) in [5.74, 6) is -0.0914. The zero-order chi connectivity index (χ0) is 26.8. The highest BCUT2D eigenvalue weighted by Gasteiger charge is 2.46. The third kappa shape index (κ3) is 5.15. The van der Waals surface area contributed by atoms with E-state index in [1.165, 1.54) is 0 Å². The van der Waals surface area contributed by atoms with Crippen molar-refractivity contribution in [3.05, 3.63) is 101 Å². The molecule has 1 amide bonds. The average molecular weight is 513 g/mol. The second-order valence-corrected chi connectivity index (χ2v) is 10.1. The molecule has 2 aliphatic rings. The summed E-state index contributed by atoms with van der Waals surface area (Å²) >= 11 is 0. The fraction of sp³-hybridized carbons (Fsp3) is 0.290. The van der Waals surface area contributed by atoms with Gasteiger partial charge in [-0.05, 0) is 68.0 Å². The van der Waals surface area contributed by atoms with E-state index >= 15 is 0 Å². The van der Waals surface area contributed by atoms with Gasteiger partial charge in [-0.3, -0.25) is 9.59 Å². The van der Waals surface area contributed by atoms with Gasteiger partial charge in [0, 0.05) is 25.1 Å². The number of ketones is 1. The van der Waals surface area contributed by atoms with E-state index in [0.29, 0.717) is 36.6 Å². The summed E-state index contributed by atoms with van der Waals surface area (Å²) in [4.78, 5) is 30.1. The van der Waals surface area contributed by atoms with Crippen LogP contribution < -0.4 is 9.47 Å². The molecule has 38 heavy (non-hydrogen) atoms. The van der Waals surface area contributed by atoms with Crippen molar-refractivity contribution in [3.8, 4) is 11.5 Å². The molecule has 7 heteroatoms. The number of carbonyl (C=O) groups is 2.